The minimum Gasteiger partial charge on any atom is -0.491 e. The van der Waals surface area contributed by atoms with E-state index in [2.05, 4.69) is 20.3 Å². The minimum absolute atomic E-state index is 0.00766. The third kappa shape index (κ3) is 5.00. The number of benzene rings is 2. The average Bonchev–Trinajstić information content (AvgIpc) is 3.26. The van der Waals surface area contributed by atoms with E-state index in [0.29, 0.717) is 5.69 Å². The van der Waals surface area contributed by atoms with E-state index >= 15 is 0 Å². The maximum Gasteiger partial charge on any atom is 0.264 e. The van der Waals surface area contributed by atoms with Crippen LogP contribution in [0.25, 0.3) is 22.4 Å². The average molecular weight is 472 g/mol. The molecule has 0 aliphatic rings. The highest BCUT2D eigenvalue weighted by Crippen LogP contribution is 2.34. The summed E-state index contributed by atoms with van der Waals surface area (Å²) in [6.07, 6.45) is -1.11. The fraction of sp³-hybridized carbons (Fsp3) is 0.174. The summed E-state index contributed by atoms with van der Waals surface area (Å²) in [6.45, 7) is -0.816. The number of alkyl halides is 2. The number of fused-ring (bicyclic) bond motifs is 1. The molecule has 0 fully saturated rings. The first-order chi connectivity index (χ1) is 16.4. The van der Waals surface area contributed by atoms with Gasteiger partial charge in [0.2, 0.25) is 0 Å². The number of H-pyrrole nitrogens is 1. The van der Waals surface area contributed by atoms with E-state index in [4.69, 9.17) is 9.84 Å². The third-order valence-electron chi connectivity index (χ3n) is 4.88. The van der Waals surface area contributed by atoms with Crippen LogP contribution in [0, 0.1) is 5.82 Å². The second kappa shape index (κ2) is 9.89. The monoisotopic (exact) mass is 472 g/mol. The summed E-state index contributed by atoms with van der Waals surface area (Å²) in [5.74, 6) is -1.28. The number of rotatable bonds is 8. The van der Waals surface area contributed by atoms with Gasteiger partial charge in [-0.1, -0.05) is 0 Å². The number of carbonyl (C=O) groups excluding carboxylic acids is 1. The van der Waals surface area contributed by atoms with Crippen LogP contribution in [0.5, 0.6) is 5.75 Å². The highest BCUT2D eigenvalue weighted by atomic mass is 19.3. The van der Waals surface area contributed by atoms with Crippen molar-refractivity contribution >= 4 is 22.6 Å². The number of halogens is 3. The second-order valence-corrected chi connectivity index (χ2v) is 7.33. The number of nitrogens with zero attached hydrogens (tertiary/aromatic N) is 2. The van der Waals surface area contributed by atoms with E-state index < -0.39 is 36.4 Å². The van der Waals surface area contributed by atoms with Crippen molar-refractivity contribution in [3.8, 4) is 17.1 Å². The van der Waals surface area contributed by atoms with Crippen molar-refractivity contribution in [1.82, 2.24) is 15.0 Å². The van der Waals surface area contributed by atoms with E-state index in [1.165, 1.54) is 24.5 Å². The Morgan fingerprint density at radius 1 is 1.21 bits per heavy atom. The summed E-state index contributed by atoms with van der Waals surface area (Å²) in [7, 11) is 0. The van der Waals surface area contributed by atoms with Gasteiger partial charge in [0.05, 0.1) is 29.6 Å². The number of aromatic amines is 1. The number of aliphatic hydroxyl groups excluding tert-OH is 2. The van der Waals surface area contributed by atoms with E-state index in [-0.39, 0.29) is 40.3 Å². The van der Waals surface area contributed by atoms with Gasteiger partial charge in [-0.05, 0) is 42.5 Å². The van der Waals surface area contributed by atoms with Crippen LogP contribution >= 0.6 is 0 Å². The number of anilines is 1. The molecule has 4 aromatic rings. The molecule has 11 heteroatoms. The Kier molecular flexibility index (Phi) is 6.75. The molecule has 1 amide bonds. The normalized spacial score (nSPS) is 12.2. The van der Waals surface area contributed by atoms with Gasteiger partial charge in [0.25, 0.3) is 12.3 Å². The summed E-state index contributed by atoms with van der Waals surface area (Å²) in [5.41, 5.74) is 0.167. The molecular weight excluding hydrogens is 453 g/mol. The molecule has 0 aliphatic carbocycles. The lowest BCUT2D eigenvalue weighted by molar-refractivity contribution is 0.0534. The lowest BCUT2D eigenvalue weighted by Gasteiger charge is -2.13. The van der Waals surface area contributed by atoms with Gasteiger partial charge in [-0.3, -0.25) is 9.78 Å². The number of hydrogen-bond acceptors (Lipinski definition) is 6. The molecule has 2 aromatic heterocycles. The van der Waals surface area contributed by atoms with Gasteiger partial charge < -0.3 is 25.3 Å². The largest absolute Gasteiger partial charge is 0.491 e. The molecule has 4 N–H and O–H groups in total. The molecule has 2 heterocycles. The number of amides is 1. The zero-order valence-electron chi connectivity index (χ0n) is 17.5. The van der Waals surface area contributed by atoms with Crippen LogP contribution in [0.2, 0.25) is 0 Å². The van der Waals surface area contributed by atoms with Gasteiger partial charge >= 0.3 is 0 Å². The number of carbonyl (C=O) groups is 1. The lowest BCUT2D eigenvalue weighted by Crippen LogP contribution is -2.21. The number of pyridine rings is 1. The number of aliphatic hydroxyl groups is 2. The zero-order chi connectivity index (χ0) is 24.2. The molecule has 0 radical (unpaired) electrons. The summed E-state index contributed by atoms with van der Waals surface area (Å²) in [5, 5.41) is 20.8. The minimum atomic E-state index is -2.90. The van der Waals surface area contributed by atoms with Gasteiger partial charge in [-0.15, -0.1) is 0 Å². The highest BCUT2D eigenvalue weighted by molar-refractivity contribution is 6.11. The summed E-state index contributed by atoms with van der Waals surface area (Å²) in [6, 6.07) is 9.18. The van der Waals surface area contributed by atoms with Crippen LogP contribution in [-0.4, -0.2) is 50.4 Å². The van der Waals surface area contributed by atoms with Gasteiger partial charge in [0.1, 0.15) is 35.6 Å². The summed E-state index contributed by atoms with van der Waals surface area (Å²) >= 11 is 0. The Balaban J connectivity index is 1.71. The number of imidazole rings is 1. The van der Waals surface area contributed by atoms with Crippen molar-refractivity contribution in [1.29, 1.82) is 0 Å². The topological polar surface area (TPSA) is 120 Å². The van der Waals surface area contributed by atoms with Crippen LogP contribution in [0.3, 0.4) is 0 Å². The predicted molar refractivity (Wildman–Crippen MR) is 117 cm³/mol. The van der Waals surface area contributed by atoms with Gasteiger partial charge in [-0.2, -0.15) is 0 Å². The van der Waals surface area contributed by atoms with Crippen molar-refractivity contribution in [3.63, 3.8) is 0 Å². The molecule has 34 heavy (non-hydrogen) atoms. The molecule has 0 saturated carbocycles. The van der Waals surface area contributed by atoms with Gasteiger partial charge in [-0.25, -0.2) is 18.2 Å². The molecular formula is C23H19F3N4O4. The molecule has 0 bridgehead atoms. The standard InChI is InChI=1S/C23H19F3N4O4/c24-12-6-18(23(33)28-13-2-1-5-27-9-13)20-19(7-12)29-22(30-20)16-4-3-15(8-17(16)21(25)26)34-11-14(32)10-31/h1-9,14,21,31-32H,10-11H2,(H,28,33)(H,29,30). The molecule has 0 saturated heterocycles. The van der Waals surface area contributed by atoms with Crippen LogP contribution in [0.1, 0.15) is 22.3 Å². The van der Waals surface area contributed by atoms with Gasteiger partial charge in [0.15, 0.2) is 0 Å². The van der Waals surface area contributed by atoms with Crippen molar-refractivity contribution in [2.75, 3.05) is 18.5 Å². The molecule has 176 valence electrons. The number of aromatic nitrogens is 3. The maximum absolute atomic E-state index is 14.2. The first kappa shape index (κ1) is 23.2. The number of hydrogen-bond donors (Lipinski definition) is 4. The second-order valence-electron chi connectivity index (χ2n) is 7.33. The Hall–Kier alpha value is -3.96. The Morgan fingerprint density at radius 3 is 2.74 bits per heavy atom. The molecule has 1 atom stereocenters. The molecule has 2 aromatic carbocycles. The van der Waals surface area contributed by atoms with E-state index in [0.717, 1.165) is 18.2 Å². The van der Waals surface area contributed by atoms with E-state index in [1.807, 2.05) is 0 Å². The predicted octanol–water partition coefficient (Wildman–Crippen LogP) is 3.69. The fourth-order valence-corrected chi connectivity index (χ4v) is 3.29. The zero-order valence-corrected chi connectivity index (χ0v) is 17.5. The molecule has 1 unspecified atom stereocenters. The highest BCUT2D eigenvalue weighted by Gasteiger charge is 2.21. The summed E-state index contributed by atoms with van der Waals surface area (Å²) < 4.78 is 47.1. The quantitative estimate of drug-likeness (QED) is 0.311. The molecule has 0 spiro atoms. The van der Waals surface area contributed by atoms with Crippen molar-refractivity contribution in [3.05, 3.63) is 71.8 Å². The molecule has 0 aliphatic heterocycles. The van der Waals surface area contributed by atoms with Gasteiger partial charge in [0, 0.05) is 17.3 Å². The lowest BCUT2D eigenvalue weighted by atomic mass is 10.1. The van der Waals surface area contributed by atoms with Crippen molar-refractivity contribution in [2.24, 2.45) is 0 Å². The fourth-order valence-electron chi connectivity index (χ4n) is 3.29. The number of nitrogens with one attached hydrogen (secondary N) is 2. The van der Waals surface area contributed by atoms with E-state index in [9.17, 15) is 23.1 Å². The third-order valence-corrected chi connectivity index (χ3v) is 4.88. The van der Waals surface area contributed by atoms with Crippen LogP contribution in [0.15, 0.2) is 54.9 Å². The van der Waals surface area contributed by atoms with E-state index in [1.54, 1.807) is 12.1 Å². The Labute approximate surface area is 191 Å². The first-order valence-electron chi connectivity index (χ1n) is 10.1. The Bertz CT molecular complexity index is 1310. The maximum atomic E-state index is 14.2. The van der Waals surface area contributed by atoms with Crippen LogP contribution in [-0.2, 0) is 0 Å². The van der Waals surface area contributed by atoms with Crippen LogP contribution in [0.4, 0.5) is 18.9 Å². The number of ether oxygens (including phenoxy) is 1. The van der Waals surface area contributed by atoms with Crippen molar-refractivity contribution in [2.45, 2.75) is 12.5 Å². The smallest absolute Gasteiger partial charge is 0.264 e. The van der Waals surface area contributed by atoms with Crippen molar-refractivity contribution < 1.29 is 32.9 Å². The van der Waals surface area contributed by atoms with Crippen LogP contribution < -0.4 is 10.1 Å². The first-order valence-corrected chi connectivity index (χ1v) is 10.1. The molecule has 4 rings (SSSR count). The Morgan fingerprint density at radius 2 is 2.03 bits per heavy atom. The molecule has 8 nitrogen and oxygen atoms in total. The SMILES string of the molecule is O=C(Nc1cccnc1)c1cc(F)cc2[nH]c(-c3ccc(OCC(O)CO)cc3C(F)F)nc12. The summed E-state index contributed by atoms with van der Waals surface area (Å²) in [4.78, 5) is 23.8.